The van der Waals surface area contributed by atoms with Gasteiger partial charge in [-0.05, 0) is 78.0 Å². The maximum Gasteiger partial charge on any atom is 0.128 e. The van der Waals surface area contributed by atoms with Crippen LogP contribution in [0.25, 0.3) is 0 Å². The van der Waals surface area contributed by atoms with Crippen molar-refractivity contribution >= 4 is 5.82 Å². The third kappa shape index (κ3) is 3.69. The standard InChI is InChI=1S/C27H30N2O/c1-19-13-15-29(16-14-19)26-12-8-22(18-28-26)27-24(20-5-3-2-4-6-20)10-7-21-17-23(30)9-11-25(21)27/h2-6,8-9,11-12,17-19,24,27,30H,7,10,13-16H2,1H3. The minimum Gasteiger partial charge on any atom is -0.508 e. The number of nitrogens with zero attached hydrogens (tertiary/aromatic N) is 2. The van der Waals surface area contributed by atoms with Crippen molar-refractivity contribution in [2.24, 2.45) is 5.92 Å². The van der Waals surface area contributed by atoms with Crippen LogP contribution in [-0.4, -0.2) is 23.2 Å². The summed E-state index contributed by atoms with van der Waals surface area (Å²) in [5, 5.41) is 10.0. The number of phenolic OH excluding ortho intramolecular Hbond substituents is 1. The van der Waals surface area contributed by atoms with Crippen LogP contribution in [0.1, 0.15) is 60.3 Å². The third-order valence-electron chi connectivity index (χ3n) is 7.05. The quantitative estimate of drug-likeness (QED) is 0.598. The second-order valence-electron chi connectivity index (χ2n) is 9.04. The number of phenols is 1. The van der Waals surface area contributed by atoms with Crippen LogP contribution in [0, 0.1) is 5.92 Å². The summed E-state index contributed by atoms with van der Waals surface area (Å²) in [5.41, 5.74) is 5.25. The molecule has 2 heterocycles. The molecule has 1 fully saturated rings. The van der Waals surface area contributed by atoms with E-state index in [-0.39, 0.29) is 5.92 Å². The van der Waals surface area contributed by atoms with Crippen LogP contribution in [0.15, 0.2) is 66.9 Å². The summed E-state index contributed by atoms with van der Waals surface area (Å²) in [6.07, 6.45) is 6.67. The van der Waals surface area contributed by atoms with Crippen molar-refractivity contribution in [3.8, 4) is 5.75 Å². The van der Waals surface area contributed by atoms with Crippen LogP contribution in [0.4, 0.5) is 5.82 Å². The monoisotopic (exact) mass is 398 g/mol. The van der Waals surface area contributed by atoms with Gasteiger partial charge in [0, 0.05) is 25.2 Å². The molecule has 3 nitrogen and oxygen atoms in total. The number of aryl methyl sites for hydroxylation is 1. The zero-order valence-electron chi connectivity index (χ0n) is 17.7. The Morgan fingerprint density at radius 2 is 1.70 bits per heavy atom. The van der Waals surface area contributed by atoms with E-state index in [1.807, 2.05) is 12.1 Å². The van der Waals surface area contributed by atoms with Gasteiger partial charge in [0.1, 0.15) is 11.6 Å². The molecule has 0 spiro atoms. The highest BCUT2D eigenvalue weighted by atomic mass is 16.3. The maximum atomic E-state index is 10.0. The predicted molar refractivity (Wildman–Crippen MR) is 122 cm³/mol. The Morgan fingerprint density at radius 1 is 0.900 bits per heavy atom. The minimum atomic E-state index is 0.264. The number of anilines is 1. The van der Waals surface area contributed by atoms with Gasteiger partial charge in [-0.2, -0.15) is 0 Å². The maximum absolute atomic E-state index is 10.0. The lowest BCUT2D eigenvalue weighted by atomic mass is 9.69. The SMILES string of the molecule is CC1CCN(c2ccc(C3c4ccc(O)cc4CCC3c3ccccc3)cn2)CC1. The second kappa shape index (κ2) is 8.14. The Bertz CT molecular complexity index is 991. The molecule has 154 valence electrons. The molecule has 2 atom stereocenters. The molecule has 2 unspecified atom stereocenters. The molecule has 1 aliphatic heterocycles. The summed E-state index contributed by atoms with van der Waals surface area (Å²) in [5.74, 6) is 2.97. The van der Waals surface area contributed by atoms with Gasteiger partial charge < -0.3 is 10.0 Å². The van der Waals surface area contributed by atoms with Crippen molar-refractivity contribution in [1.29, 1.82) is 0 Å². The molecule has 1 aliphatic carbocycles. The second-order valence-corrected chi connectivity index (χ2v) is 9.04. The molecule has 30 heavy (non-hydrogen) atoms. The first-order valence-electron chi connectivity index (χ1n) is 11.3. The molecule has 1 aromatic heterocycles. The zero-order chi connectivity index (χ0) is 20.5. The van der Waals surface area contributed by atoms with Gasteiger partial charge in [0.25, 0.3) is 0 Å². The number of fused-ring (bicyclic) bond motifs is 1. The number of piperidine rings is 1. The fourth-order valence-electron chi connectivity index (χ4n) is 5.28. The van der Waals surface area contributed by atoms with E-state index < -0.39 is 0 Å². The van der Waals surface area contributed by atoms with E-state index in [4.69, 9.17) is 4.98 Å². The van der Waals surface area contributed by atoms with E-state index >= 15 is 0 Å². The first kappa shape index (κ1) is 19.2. The number of hydrogen-bond donors (Lipinski definition) is 1. The van der Waals surface area contributed by atoms with Gasteiger partial charge in [0.05, 0.1) is 0 Å². The highest BCUT2D eigenvalue weighted by Gasteiger charge is 2.32. The molecule has 1 saturated heterocycles. The number of pyridine rings is 1. The number of aromatic hydroxyl groups is 1. The number of aromatic nitrogens is 1. The summed E-state index contributed by atoms with van der Waals surface area (Å²) < 4.78 is 0. The lowest BCUT2D eigenvalue weighted by Gasteiger charge is -2.35. The largest absolute Gasteiger partial charge is 0.508 e. The molecule has 2 aromatic carbocycles. The highest BCUT2D eigenvalue weighted by molar-refractivity contribution is 5.49. The molecule has 3 aromatic rings. The minimum absolute atomic E-state index is 0.264. The molecule has 0 saturated carbocycles. The van der Waals surface area contributed by atoms with Crippen LogP contribution >= 0.6 is 0 Å². The number of hydrogen-bond acceptors (Lipinski definition) is 3. The summed E-state index contributed by atoms with van der Waals surface area (Å²) in [6, 6.07) is 21.2. The van der Waals surface area contributed by atoms with E-state index in [0.717, 1.165) is 37.7 Å². The van der Waals surface area contributed by atoms with Gasteiger partial charge >= 0.3 is 0 Å². The lowest BCUT2D eigenvalue weighted by molar-refractivity contribution is 0.436. The van der Waals surface area contributed by atoms with Crippen molar-refractivity contribution in [3.63, 3.8) is 0 Å². The number of rotatable bonds is 3. The van der Waals surface area contributed by atoms with Crippen molar-refractivity contribution in [1.82, 2.24) is 4.98 Å². The molecule has 1 N–H and O–H groups in total. The van der Waals surface area contributed by atoms with Crippen molar-refractivity contribution in [2.45, 2.75) is 44.4 Å². The summed E-state index contributed by atoms with van der Waals surface area (Å²) in [7, 11) is 0. The predicted octanol–water partition coefficient (Wildman–Crippen LogP) is 5.89. The fourth-order valence-corrected chi connectivity index (χ4v) is 5.28. The van der Waals surface area contributed by atoms with Crippen molar-refractivity contribution in [2.75, 3.05) is 18.0 Å². The highest BCUT2D eigenvalue weighted by Crippen LogP contribution is 2.46. The normalized spacial score (nSPS) is 22.0. The lowest BCUT2D eigenvalue weighted by Crippen LogP contribution is -2.33. The van der Waals surface area contributed by atoms with E-state index in [9.17, 15) is 5.11 Å². The van der Waals surface area contributed by atoms with Crippen molar-refractivity contribution in [3.05, 3.63) is 89.1 Å². The van der Waals surface area contributed by atoms with Gasteiger partial charge in [-0.15, -0.1) is 0 Å². The van der Waals surface area contributed by atoms with Gasteiger partial charge in [0.2, 0.25) is 0 Å². The van der Waals surface area contributed by atoms with Crippen LogP contribution in [-0.2, 0) is 6.42 Å². The van der Waals surface area contributed by atoms with E-state index in [1.54, 1.807) is 0 Å². The van der Waals surface area contributed by atoms with E-state index in [0.29, 0.717) is 11.7 Å². The topological polar surface area (TPSA) is 36.4 Å². The summed E-state index contributed by atoms with van der Waals surface area (Å²) in [6.45, 7) is 4.55. The first-order chi connectivity index (χ1) is 14.7. The van der Waals surface area contributed by atoms with Crippen LogP contribution in [0.5, 0.6) is 5.75 Å². The van der Waals surface area contributed by atoms with Crippen LogP contribution < -0.4 is 4.90 Å². The Hall–Kier alpha value is -2.81. The Morgan fingerprint density at radius 3 is 2.43 bits per heavy atom. The average Bonchev–Trinajstić information content (AvgIpc) is 2.79. The fraction of sp³-hybridized carbons (Fsp3) is 0.370. The van der Waals surface area contributed by atoms with E-state index in [1.165, 1.54) is 35.1 Å². The Kier molecular flexibility index (Phi) is 5.20. The molecular formula is C27H30N2O. The summed E-state index contributed by atoms with van der Waals surface area (Å²) in [4.78, 5) is 7.32. The molecule has 3 heteroatoms. The molecule has 2 aliphatic rings. The Balaban J connectivity index is 1.50. The Labute approximate surface area is 179 Å². The average molecular weight is 399 g/mol. The van der Waals surface area contributed by atoms with Crippen LogP contribution in [0.3, 0.4) is 0 Å². The van der Waals surface area contributed by atoms with Gasteiger partial charge in [0.15, 0.2) is 0 Å². The van der Waals surface area contributed by atoms with Gasteiger partial charge in [-0.3, -0.25) is 0 Å². The smallest absolute Gasteiger partial charge is 0.128 e. The van der Waals surface area contributed by atoms with Gasteiger partial charge in [-0.25, -0.2) is 4.98 Å². The van der Waals surface area contributed by atoms with Crippen molar-refractivity contribution < 1.29 is 5.11 Å². The third-order valence-corrected chi connectivity index (χ3v) is 7.05. The molecule has 0 bridgehead atoms. The first-order valence-corrected chi connectivity index (χ1v) is 11.3. The zero-order valence-corrected chi connectivity index (χ0v) is 17.7. The molecular weight excluding hydrogens is 368 g/mol. The molecule has 0 amide bonds. The molecule has 0 radical (unpaired) electrons. The molecule has 5 rings (SSSR count). The van der Waals surface area contributed by atoms with Crippen LogP contribution in [0.2, 0.25) is 0 Å². The number of benzene rings is 2. The summed E-state index contributed by atoms with van der Waals surface area (Å²) >= 11 is 0. The van der Waals surface area contributed by atoms with Gasteiger partial charge in [-0.1, -0.05) is 49.4 Å². The van der Waals surface area contributed by atoms with E-state index in [2.05, 4.69) is 66.6 Å².